The molecule has 0 aliphatic heterocycles. The fourth-order valence-electron chi connectivity index (χ4n) is 3.08. The van der Waals surface area contributed by atoms with Crippen LogP contribution in [-0.4, -0.2) is 38.6 Å². The molecule has 27 heavy (non-hydrogen) atoms. The number of benzene rings is 1. The van der Waals surface area contributed by atoms with Crippen molar-refractivity contribution in [3.05, 3.63) is 52.1 Å². The molecule has 0 aliphatic carbocycles. The summed E-state index contributed by atoms with van der Waals surface area (Å²) < 4.78 is 8.25. The first kappa shape index (κ1) is 18.6. The number of amides is 1. The Balaban J connectivity index is 1.75. The molecule has 1 N–H and O–H groups in total. The van der Waals surface area contributed by atoms with E-state index in [1.165, 1.54) is 7.11 Å². The minimum atomic E-state index is -0.326. The van der Waals surface area contributed by atoms with Gasteiger partial charge in [0, 0.05) is 11.7 Å². The molecule has 2 aromatic heterocycles. The first-order valence-electron chi connectivity index (χ1n) is 8.73. The molecule has 0 aliphatic rings. The molecule has 1 amide bonds. The van der Waals surface area contributed by atoms with Gasteiger partial charge in [0.25, 0.3) is 5.56 Å². The molecule has 3 aromatic rings. The van der Waals surface area contributed by atoms with Crippen molar-refractivity contribution in [1.82, 2.24) is 24.9 Å². The molecule has 8 heteroatoms. The number of methoxy groups -OCH3 is 1. The molecule has 0 saturated carbocycles. The molecule has 0 spiro atoms. The predicted molar refractivity (Wildman–Crippen MR) is 102 cm³/mol. The average Bonchev–Trinajstić information content (AvgIpc) is 2.94. The summed E-state index contributed by atoms with van der Waals surface area (Å²) in [6.07, 6.45) is 0. The fourth-order valence-corrected chi connectivity index (χ4v) is 3.08. The zero-order chi connectivity index (χ0) is 19.6. The summed E-state index contributed by atoms with van der Waals surface area (Å²) in [7, 11) is 1.49. The summed E-state index contributed by atoms with van der Waals surface area (Å²) in [5.41, 5.74) is 1.64. The van der Waals surface area contributed by atoms with E-state index in [0.717, 1.165) is 16.1 Å². The number of fused-ring (bicyclic) bond motifs is 1. The molecule has 1 unspecified atom stereocenters. The quantitative estimate of drug-likeness (QED) is 0.710. The van der Waals surface area contributed by atoms with E-state index in [9.17, 15) is 9.59 Å². The smallest absolute Gasteiger partial charge is 0.275 e. The summed E-state index contributed by atoms with van der Waals surface area (Å²) in [5.74, 6) is 0.0182. The van der Waals surface area contributed by atoms with Gasteiger partial charge < -0.3 is 10.1 Å². The maximum Gasteiger partial charge on any atom is 0.275 e. The number of aromatic nitrogens is 4. The average molecular weight is 369 g/mol. The first-order valence-corrected chi connectivity index (χ1v) is 8.73. The Hall–Kier alpha value is -3.16. The number of nitrogens with zero attached hydrogens (tertiary/aromatic N) is 4. The van der Waals surface area contributed by atoms with E-state index < -0.39 is 0 Å². The molecule has 2 heterocycles. The summed E-state index contributed by atoms with van der Waals surface area (Å²) in [4.78, 5) is 25.0. The standard InChI is InChI=1S/C19H23N5O3/c1-12-9-14(3)23(21-12)10-13(2)20-17(25)11-24-19(26)16-8-6-5-7-15(16)18(22-24)27-4/h5-9,13H,10-11H2,1-4H3,(H,20,25). The van der Waals surface area contributed by atoms with Crippen molar-refractivity contribution in [3.8, 4) is 5.88 Å². The van der Waals surface area contributed by atoms with Gasteiger partial charge in [-0.2, -0.15) is 5.10 Å². The van der Waals surface area contributed by atoms with E-state index in [-0.39, 0.29) is 24.1 Å². The second-order valence-corrected chi connectivity index (χ2v) is 6.60. The maximum absolute atomic E-state index is 12.6. The minimum absolute atomic E-state index is 0.145. The van der Waals surface area contributed by atoms with Crippen LogP contribution in [-0.2, 0) is 17.9 Å². The molecular weight excluding hydrogens is 346 g/mol. The molecule has 1 atom stereocenters. The summed E-state index contributed by atoms with van der Waals surface area (Å²) in [6.45, 7) is 6.17. The van der Waals surface area contributed by atoms with Gasteiger partial charge in [0.2, 0.25) is 11.8 Å². The van der Waals surface area contributed by atoms with E-state index in [0.29, 0.717) is 23.2 Å². The molecule has 0 radical (unpaired) electrons. The van der Waals surface area contributed by atoms with Gasteiger partial charge in [-0.15, -0.1) is 5.10 Å². The molecule has 0 bridgehead atoms. The third kappa shape index (κ3) is 3.99. The Labute approximate surface area is 156 Å². The van der Waals surface area contributed by atoms with Crippen molar-refractivity contribution in [2.45, 2.75) is 39.9 Å². The molecular formula is C19H23N5O3. The first-order chi connectivity index (χ1) is 12.9. The van der Waals surface area contributed by atoms with Crippen LogP contribution in [0, 0.1) is 13.8 Å². The van der Waals surface area contributed by atoms with Crippen LogP contribution in [0.2, 0.25) is 0 Å². The third-order valence-corrected chi connectivity index (χ3v) is 4.28. The molecule has 0 saturated heterocycles. The zero-order valence-corrected chi connectivity index (χ0v) is 15.9. The summed E-state index contributed by atoms with van der Waals surface area (Å²) in [5, 5.41) is 12.5. The van der Waals surface area contributed by atoms with Gasteiger partial charge in [0.15, 0.2) is 0 Å². The number of aryl methyl sites for hydroxylation is 2. The lowest BCUT2D eigenvalue weighted by Crippen LogP contribution is -2.40. The van der Waals surface area contributed by atoms with Crippen LogP contribution in [0.15, 0.2) is 35.1 Å². The van der Waals surface area contributed by atoms with E-state index in [4.69, 9.17) is 4.74 Å². The number of rotatable bonds is 6. The van der Waals surface area contributed by atoms with E-state index in [1.807, 2.05) is 37.6 Å². The van der Waals surface area contributed by atoms with Crippen LogP contribution in [0.1, 0.15) is 18.3 Å². The van der Waals surface area contributed by atoms with Crippen molar-refractivity contribution in [2.75, 3.05) is 7.11 Å². The van der Waals surface area contributed by atoms with Gasteiger partial charge in [-0.05, 0) is 39.0 Å². The maximum atomic E-state index is 12.6. The number of carbonyl (C=O) groups is 1. The number of hydrogen-bond donors (Lipinski definition) is 1. The van der Waals surface area contributed by atoms with Crippen LogP contribution in [0.25, 0.3) is 10.8 Å². The normalized spacial score (nSPS) is 12.1. The highest BCUT2D eigenvalue weighted by Gasteiger charge is 2.15. The lowest BCUT2D eigenvalue weighted by atomic mass is 10.2. The van der Waals surface area contributed by atoms with Crippen LogP contribution in [0.3, 0.4) is 0 Å². The minimum Gasteiger partial charge on any atom is -0.480 e. The van der Waals surface area contributed by atoms with E-state index in [1.54, 1.807) is 18.2 Å². The Morgan fingerprint density at radius 3 is 2.52 bits per heavy atom. The number of carbonyl (C=O) groups excluding carboxylic acids is 1. The summed E-state index contributed by atoms with van der Waals surface area (Å²) in [6, 6.07) is 8.88. The molecule has 8 nitrogen and oxygen atoms in total. The third-order valence-electron chi connectivity index (χ3n) is 4.28. The fraction of sp³-hybridized carbons (Fsp3) is 0.368. The number of hydrogen-bond acceptors (Lipinski definition) is 5. The SMILES string of the molecule is COc1nn(CC(=O)NC(C)Cn2nc(C)cc2C)c(=O)c2ccccc12. The Morgan fingerprint density at radius 1 is 1.19 bits per heavy atom. The summed E-state index contributed by atoms with van der Waals surface area (Å²) >= 11 is 0. The second-order valence-electron chi connectivity index (χ2n) is 6.60. The van der Waals surface area contributed by atoms with Gasteiger partial charge in [0.1, 0.15) is 6.54 Å². The number of nitrogens with one attached hydrogen (secondary N) is 1. The van der Waals surface area contributed by atoms with Gasteiger partial charge in [-0.3, -0.25) is 14.3 Å². The van der Waals surface area contributed by atoms with Crippen LogP contribution >= 0.6 is 0 Å². The van der Waals surface area contributed by atoms with E-state index in [2.05, 4.69) is 15.5 Å². The molecule has 3 rings (SSSR count). The van der Waals surface area contributed by atoms with Crippen LogP contribution < -0.4 is 15.6 Å². The monoisotopic (exact) mass is 369 g/mol. The topological polar surface area (TPSA) is 91.0 Å². The van der Waals surface area contributed by atoms with Gasteiger partial charge in [-0.1, -0.05) is 12.1 Å². The lowest BCUT2D eigenvalue weighted by Gasteiger charge is -2.16. The highest BCUT2D eigenvalue weighted by Crippen LogP contribution is 2.19. The predicted octanol–water partition coefficient (Wildman–Crippen LogP) is 1.42. The molecule has 0 fully saturated rings. The lowest BCUT2D eigenvalue weighted by molar-refractivity contribution is -0.122. The highest BCUT2D eigenvalue weighted by molar-refractivity contribution is 5.86. The zero-order valence-electron chi connectivity index (χ0n) is 15.9. The highest BCUT2D eigenvalue weighted by atomic mass is 16.5. The van der Waals surface area contributed by atoms with Crippen molar-refractivity contribution >= 4 is 16.7 Å². The van der Waals surface area contributed by atoms with Crippen LogP contribution in [0.5, 0.6) is 5.88 Å². The van der Waals surface area contributed by atoms with Crippen molar-refractivity contribution in [3.63, 3.8) is 0 Å². The molecule has 142 valence electrons. The Morgan fingerprint density at radius 2 is 1.89 bits per heavy atom. The van der Waals surface area contributed by atoms with Gasteiger partial charge in [0.05, 0.1) is 30.1 Å². The largest absolute Gasteiger partial charge is 0.480 e. The Kier molecular flexibility index (Phi) is 5.25. The molecule has 1 aromatic carbocycles. The Bertz CT molecular complexity index is 1040. The number of ether oxygens (including phenoxy) is 1. The van der Waals surface area contributed by atoms with Gasteiger partial charge >= 0.3 is 0 Å². The second kappa shape index (κ2) is 7.61. The van der Waals surface area contributed by atoms with Crippen molar-refractivity contribution in [2.24, 2.45) is 0 Å². The van der Waals surface area contributed by atoms with E-state index >= 15 is 0 Å². The van der Waals surface area contributed by atoms with Crippen molar-refractivity contribution in [1.29, 1.82) is 0 Å². The van der Waals surface area contributed by atoms with Gasteiger partial charge in [-0.25, -0.2) is 4.68 Å². The van der Waals surface area contributed by atoms with Crippen molar-refractivity contribution < 1.29 is 9.53 Å². The van der Waals surface area contributed by atoms with Crippen LogP contribution in [0.4, 0.5) is 0 Å².